The molecule has 10 nitrogen and oxygen atoms in total. The van der Waals surface area contributed by atoms with Gasteiger partial charge in [0.25, 0.3) is 0 Å². The number of aliphatic hydroxyl groups is 2. The second kappa shape index (κ2) is 9.59. The van der Waals surface area contributed by atoms with Gasteiger partial charge in [-0.15, -0.1) is 0 Å². The van der Waals surface area contributed by atoms with Gasteiger partial charge >= 0.3 is 5.97 Å². The van der Waals surface area contributed by atoms with Crippen molar-refractivity contribution in [3.63, 3.8) is 0 Å². The number of halogens is 1. The minimum atomic E-state index is -1.23. The number of carbonyl (C=O) groups is 1. The van der Waals surface area contributed by atoms with Crippen LogP contribution in [0, 0.1) is 0 Å². The maximum atomic E-state index is 11.7. The van der Waals surface area contributed by atoms with Crippen LogP contribution >= 0.6 is 23.4 Å². The monoisotopic (exact) mass is 480 g/mol. The number of rotatable bonds is 7. The summed E-state index contributed by atoms with van der Waals surface area (Å²) in [6.07, 6.45) is -2.94. The maximum Gasteiger partial charge on any atom is 0.303 e. The SMILES string of the molecule is COc1ccc(CSc2nc3c(Cl)ncnc3n2[C@@H]2O[C@H](CO)[C@@H](O)[C@H]2OC(C)=O)cc1. The van der Waals surface area contributed by atoms with Crippen LogP contribution in [0.25, 0.3) is 11.2 Å². The largest absolute Gasteiger partial charge is 0.497 e. The van der Waals surface area contributed by atoms with Gasteiger partial charge in [-0.3, -0.25) is 9.36 Å². The van der Waals surface area contributed by atoms with Crippen LogP contribution in [0.4, 0.5) is 0 Å². The van der Waals surface area contributed by atoms with Crippen molar-refractivity contribution in [2.75, 3.05) is 13.7 Å². The average molecular weight is 481 g/mol. The maximum absolute atomic E-state index is 11.7. The smallest absolute Gasteiger partial charge is 0.303 e. The zero-order chi connectivity index (χ0) is 22.8. The fourth-order valence-corrected chi connectivity index (χ4v) is 4.60. The Morgan fingerprint density at radius 3 is 2.72 bits per heavy atom. The molecule has 1 saturated heterocycles. The summed E-state index contributed by atoms with van der Waals surface area (Å²) in [6.45, 7) is 0.784. The molecule has 3 aromatic rings. The zero-order valence-corrected chi connectivity index (χ0v) is 18.8. The lowest BCUT2D eigenvalue weighted by Gasteiger charge is -2.22. The molecule has 0 aliphatic carbocycles. The molecule has 4 rings (SSSR count). The molecule has 0 unspecified atom stereocenters. The van der Waals surface area contributed by atoms with Gasteiger partial charge in [0.1, 0.15) is 29.8 Å². The van der Waals surface area contributed by atoms with Crippen molar-refractivity contribution in [1.82, 2.24) is 19.5 Å². The molecule has 1 fully saturated rings. The van der Waals surface area contributed by atoms with Gasteiger partial charge in [0.15, 0.2) is 28.3 Å². The molecule has 0 spiro atoms. The number of aromatic nitrogens is 4. The Morgan fingerprint density at radius 1 is 1.31 bits per heavy atom. The molecular weight excluding hydrogens is 460 g/mol. The van der Waals surface area contributed by atoms with E-state index in [1.165, 1.54) is 25.0 Å². The highest BCUT2D eigenvalue weighted by Crippen LogP contribution is 2.38. The van der Waals surface area contributed by atoms with Crippen molar-refractivity contribution in [3.05, 3.63) is 41.3 Å². The summed E-state index contributed by atoms with van der Waals surface area (Å²) in [4.78, 5) is 24.5. The summed E-state index contributed by atoms with van der Waals surface area (Å²) >= 11 is 7.63. The van der Waals surface area contributed by atoms with Gasteiger partial charge in [-0.2, -0.15) is 0 Å². The third kappa shape index (κ3) is 4.39. The van der Waals surface area contributed by atoms with Crippen LogP contribution in [-0.4, -0.2) is 67.7 Å². The van der Waals surface area contributed by atoms with E-state index >= 15 is 0 Å². The van der Waals surface area contributed by atoms with Gasteiger partial charge in [-0.05, 0) is 17.7 Å². The van der Waals surface area contributed by atoms with E-state index in [0.29, 0.717) is 22.1 Å². The van der Waals surface area contributed by atoms with Gasteiger partial charge in [-0.1, -0.05) is 35.5 Å². The van der Waals surface area contributed by atoms with E-state index in [2.05, 4.69) is 15.0 Å². The molecule has 0 saturated carbocycles. The first-order valence-electron chi connectivity index (χ1n) is 9.68. The van der Waals surface area contributed by atoms with E-state index in [4.69, 9.17) is 25.8 Å². The molecule has 2 N–H and O–H groups in total. The minimum Gasteiger partial charge on any atom is -0.497 e. The lowest BCUT2D eigenvalue weighted by molar-refractivity contribution is -0.156. The van der Waals surface area contributed by atoms with Crippen LogP contribution in [-0.2, 0) is 20.0 Å². The summed E-state index contributed by atoms with van der Waals surface area (Å²) in [6, 6.07) is 7.59. The second-order valence-corrected chi connectivity index (χ2v) is 8.35. The molecule has 0 amide bonds. The van der Waals surface area contributed by atoms with Gasteiger partial charge in [0.05, 0.1) is 13.7 Å². The van der Waals surface area contributed by atoms with Crippen molar-refractivity contribution >= 4 is 40.5 Å². The Kier molecular flexibility index (Phi) is 6.82. The van der Waals surface area contributed by atoms with Crippen molar-refractivity contribution in [1.29, 1.82) is 0 Å². The highest BCUT2D eigenvalue weighted by Gasteiger charge is 2.48. The highest BCUT2D eigenvalue weighted by molar-refractivity contribution is 7.98. The van der Waals surface area contributed by atoms with E-state index in [1.807, 2.05) is 24.3 Å². The number of ether oxygens (including phenoxy) is 3. The van der Waals surface area contributed by atoms with Crippen molar-refractivity contribution < 1.29 is 29.2 Å². The molecule has 12 heteroatoms. The van der Waals surface area contributed by atoms with E-state index in [-0.39, 0.29) is 5.15 Å². The van der Waals surface area contributed by atoms with Crippen LogP contribution in [0.5, 0.6) is 5.75 Å². The average Bonchev–Trinajstić information content (AvgIpc) is 3.30. The third-order valence-corrected chi connectivity index (χ3v) is 6.28. The van der Waals surface area contributed by atoms with Crippen LogP contribution in [0.3, 0.4) is 0 Å². The summed E-state index contributed by atoms with van der Waals surface area (Å²) in [5.41, 5.74) is 1.72. The molecule has 2 aromatic heterocycles. The summed E-state index contributed by atoms with van der Waals surface area (Å²) in [5, 5.41) is 20.8. The van der Waals surface area contributed by atoms with Gasteiger partial charge < -0.3 is 24.4 Å². The fourth-order valence-electron chi connectivity index (χ4n) is 3.46. The summed E-state index contributed by atoms with van der Waals surface area (Å²) in [7, 11) is 1.60. The van der Waals surface area contributed by atoms with Crippen LogP contribution in [0.15, 0.2) is 35.7 Å². The third-order valence-electron chi connectivity index (χ3n) is 4.98. The quantitative estimate of drug-likeness (QED) is 0.294. The second-order valence-electron chi connectivity index (χ2n) is 7.05. The summed E-state index contributed by atoms with van der Waals surface area (Å²) in [5.74, 6) is 0.710. The molecule has 0 bridgehead atoms. The standard InChI is InChI=1S/C20H21ClN4O6S/c1-10(27)30-16-15(28)13(7-26)31-19(16)25-18-14(17(21)22-9-23-18)24-20(25)32-8-11-3-5-12(29-2)6-4-11/h3-6,9,13,15-16,19,26,28H,7-8H2,1-2H3/t13-,15-,16-,19-/m1/s1. The minimum absolute atomic E-state index is 0.154. The number of esters is 1. The molecule has 4 atom stereocenters. The number of fused-ring (bicyclic) bond motifs is 1. The summed E-state index contributed by atoms with van der Waals surface area (Å²) < 4.78 is 18.0. The Bertz CT molecular complexity index is 1110. The Labute approximate surface area is 192 Å². The fraction of sp³-hybridized carbons (Fsp3) is 0.400. The number of nitrogens with zero attached hydrogens (tertiary/aromatic N) is 4. The zero-order valence-electron chi connectivity index (χ0n) is 17.2. The first-order valence-corrected chi connectivity index (χ1v) is 11.0. The molecule has 170 valence electrons. The first kappa shape index (κ1) is 22.7. The first-order chi connectivity index (χ1) is 15.4. The predicted molar refractivity (Wildman–Crippen MR) is 115 cm³/mol. The molecule has 3 heterocycles. The van der Waals surface area contributed by atoms with Crippen LogP contribution in [0.1, 0.15) is 18.7 Å². The molecule has 1 aromatic carbocycles. The highest BCUT2D eigenvalue weighted by atomic mass is 35.5. The number of methoxy groups -OCH3 is 1. The molecule has 32 heavy (non-hydrogen) atoms. The van der Waals surface area contributed by atoms with E-state index in [0.717, 1.165) is 11.3 Å². The van der Waals surface area contributed by atoms with Crippen LogP contribution < -0.4 is 4.74 Å². The number of thioether (sulfide) groups is 1. The number of benzene rings is 1. The topological polar surface area (TPSA) is 129 Å². The molecule has 1 aliphatic rings. The predicted octanol–water partition coefficient (Wildman–Crippen LogP) is 1.96. The molecule has 0 radical (unpaired) electrons. The lowest BCUT2D eigenvalue weighted by Crippen LogP contribution is -2.36. The van der Waals surface area contributed by atoms with E-state index < -0.39 is 37.1 Å². The Hall–Kier alpha value is -2.44. The Morgan fingerprint density at radius 2 is 2.06 bits per heavy atom. The van der Waals surface area contributed by atoms with Gasteiger partial charge in [0.2, 0.25) is 0 Å². The van der Waals surface area contributed by atoms with Crippen molar-refractivity contribution in [3.8, 4) is 5.75 Å². The Balaban J connectivity index is 1.73. The van der Waals surface area contributed by atoms with E-state index in [9.17, 15) is 15.0 Å². The number of hydrogen-bond donors (Lipinski definition) is 2. The normalized spacial score (nSPS) is 22.9. The number of imidazole rings is 1. The van der Waals surface area contributed by atoms with Gasteiger partial charge in [-0.25, -0.2) is 15.0 Å². The lowest BCUT2D eigenvalue weighted by atomic mass is 10.1. The van der Waals surface area contributed by atoms with Crippen molar-refractivity contribution in [2.45, 2.75) is 42.4 Å². The molecule has 1 aliphatic heterocycles. The number of carbonyl (C=O) groups excluding carboxylic acids is 1. The number of hydrogen-bond acceptors (Lipinski definition) is 10. The molecular formula is C20H21ClN4O6S. The van der Waals surface area contributed by atoms with Crippen molar-refractivity contribution in [2.24, 2.45) is 0 Å². The van der Waals surface area contributed by atoms with Gasteiger partial charge in [0, 0.05) is 12.7 Å². The van der Waals surface area contributed by atoms with E-state index in [1.54, 1.807) is 11.7 Å². The number of aliphatic hydroxyl groups excluding tert-OH is 2. The van der Waals surface area contributed by atoms with Crippen LogP contribution in [0.2, 0.25) is 5.15 Å².